The van der Waals surface area contributed by atoms with E-state index in [4.69, 9.17) is 0 Å². The van der Waals surface area contributed by atoms with E-state index in [0.717, 1.165) is 25.2 Å². The van der Waals surface area contributed by atoms with Gasteiger partial charge in [0.2, 0.25) is 0 Å². The lowest BCUT2D eigenvalue weighted by Crippen LogP contribution is -2.38. The van der Waals surface area contributed by atoms with E-state index in [9.17, 15) is 0 Å². The second-order valence-electron chi connectivity index (χ2n) is 4.03. The van der Waals surface area contributed by atoms with Gasteiger partial charge in [-0.3, -0.25) is 4.98 Å². The van der Waals surface area contributed by atoms with Crippen molar-refractivity contribution in [2.24, 2.45) is 11.0 Å². The van der Waals surface area contributed by atoms with Crippen molar-refractivity contribution in [2.45, 2.75) is 12.5 Å². The Balaban J connectivity index is 1.85. The molecule has 1 fully saturated rings. The van der Waals surface area contributed by atoms with E-state index in [1.54, 1.807) is 0 Å². The highest BCUT2D eigenvalue weighted by atomic mass is 15.3. The molecular weight excluding hydrogens is 188 g/mol. The van der Waals surface area contributed by atoms with Gasteiger partial charge in [0.05, 0.1) is 11.7 Å². The quantitative estimate of drug-likeness (QED) is 0.704. The number of hydrogen-bond donors (Lipinski definition) is 2. The fourth-order valence-corrected chi connectivity index (χ4v) is 2.30. The summed E-state index contributed by atoms with van der Waals surface area (Å²) in [6.07, 6.45) is 2.90. The van der Waals surface area contributed by atoms with E-state index in [1.165, 1.54) is 5.71 Å². The number of aromatic nitrogens is 1. The van der Waals surface area contributed by atoms with Gasteiger partial charge in [-0.05, 0) is 12.1 Å². The Morgan fingerprint density at radius 1 is 1.33 bits per heavy atom. The predicted octanol–water partition coefficient (Wildman–Crippen LogP) is 0.691. The van der Waals surface area contributed by atoms with E-state index in [0.29, 0.717) is 5.92 Å². The van der Waals surface area contributed by atoms with Gasteiger partial charge in [-0.2, -0.15) is 5.10 Å². The minimum atomic E-state index is 0.258. The molecule has 3 heterocycles. The second-order valence-corrected chi connectivity index (χ2v) is 4.03. The third kappa shape index (κ3) is 1.51. The monoisotopic (exact) mass is 202 g/mol. The fraction of sp³-hybridized carbons (Fsp3) is 0.455. The molecule has 3 rings (SSSR count). The lowest BCUT2D eigenvalue weighted by atomic mass is 9.89. The summed E-state index contributed by atoms with van der Waals surface area (Å²) in [5.74, 6) is 0.480. The molecule has 15 heavy (non-hydrogen) atoms. The van der Waals surface area contributed by atoms with Gasteiger partial charge in [0.25, 0.3) is 0 Å². The number of hydrogen-bond acceptors (Lipinski definition) is 4. The van der Waals surface area contributed by atoms with Crippen LogP contribution in [0.15, 0.2) is 29.5 Å². The van der Waals surface area contributed by atoms with Crippen LogP contribution in [0, 0.1) is 5.92 Å². The van der Waals surface area contributed by atoms with Crippen molar-refractivity contribution in [3.05, 3.63) is 30.1 Å². The summed E-state index contributed by atoms with van der Waals surface area (Å²) in [5.41, 5.74) is 5.58. The van der Waals surface area contributed by atoms with Crippen LogP contribution in [0.25, 0.3) is 0 Å². The maximum absolute atomic E-state index is 4.40. The van der Waals surface area contributed by atoms with Gasteiger partial charge in [-0.25, -0.2) is 0 Å². The molecule has 2 aliphatic heterocycles. The van der Waals surface area contributed by atoms with Gasteiger partial charge in [-0.1, -0.05) is 6.07 Å². The first-order valence-electron chi connectivity index (χ1n) is 5.39. The SMILES string of the molecule is c1ccc(C2NN=C3CCNCC32)nc1. The summed E-state index contributed by atoms with van der Waals surface area (Å²) < 4.78 is 0. The zero-order chi connectivity index (χ0) is 10.1. The highest BCUT2D eigenvalue weighted by Gasteiger charge is 2.34. The molecule has 0 spiro atoms. The molecule has 0 amide bonds. The van der Waals surface area contributed by atoms with Crippen molar-refractivity contribution >= 4 is 5.71 Å². The molecule has 0 saturated carbocycles. The van der Waals surface area contributed by atoms with Crippen LogP contribution in [0.3, 0.4) is 0 Å². The molecule has 2 N–H and O–H groups in total. The van der Waals surface area contributed by atoms with Crippen molar-refractivity contribution in [1.82, 2.24) is 15.7 Å². The molecule has 2 atom stereocenters. The fourth-order valence-electron chi connectivity index (χ4n) is 2.30. The molecule has 1 aromatic heterocycles. The number of nitrogens with one attached hydrogen (secondary N) is 2. The van der Waals surface area contributed by atoms with Crippen molar-refractivity contribution in [2.75, 3.05) is 13.1 Å². The first-order valence-corrected chi connectivity index (χ1v) is 5.39. The topological polar surface area (TPSA) is 49.3 Å². The number of pyridine rings is 1. The van der Waals surface area contributed by atoms with Crippen LogP contribution in [0.1, 0.15) is 18.2 Å². The molecule has 0 radical (unpaired) electrons. The molecule has 2 aliphatic rings. The highest BCUT2D eigenvalue weighted by Crippen LogP contribution is 2.28. The lowest BCUT2D eigenvalue weighted by Gasteiger charge is -2.24. The van der Waals surface area contributed by atoms with Crippen LogP contribution in [0.2, 0.25) is 0 Å². The molecule has 0 bridgehead atoms. The predicted molar refractivity (Wildman–Crippen MR) is 58.5 cm³/mol. The van der Waals surface area contributed by atoms with E-state index in [2.05, 4.69) is 26.9 Å². The molecule has 4 heteroatoms. The second kappa shape index (κ2) is 3.62. The molecule has 0 aliphatic carbocycles. The molecule has 2 unspecified atom stereocenters. The smallest absolute Gasteiger partial charge is 0.0953 e. The zero-order valence-corrected chi connectivity index (χ0v) is 8.48. The average molecular weight is 202 g/mol. The average Bonchev–Trinajstić information content (AvgIpc) is 2.74. The highest BCUT2D eigenvalue weighted by molar-refractivity contribution is 5.89. The van der Waals surface area contributed by atoms with Gasteiger partial charge in [0, 0.05) is 37.3 Å². The largest absolute Gasteiger partial charge is 0.316 e. The first kappa shape index (κ1) is 8.85. The molecule has 0 aromatic carbocycles. The molecule has 4 nitrogen and oxygen atoms in total. The summed E-state index contributed by atoms with van der Waals surface area (Å²) in [6, 6.07) is 6.29. The minimum absolute atomic E-state index is 0.258. The van der Waals surface area contributed by atoms with Crippen LogP contribution < -0.4 is 10.7 Å². The summed E-state index contributed by atoms with van der Waals surface area (Å²) in [4.78, 5) is 4.39. The van der Waals surface area contributed by atoms with Crippen molar-refractivity contribution in [3.63, 3.8) is 0 Å². The maximum atomic E-state index is 4.40. The van der Waals surface area contributed by atoms with Crippen LogP contribution >= 0.6 is 0 Å². The summed E-state index contributed by atoms with van der Waals surface area (Å²) in [5, 5.41) is 7.81. The Bertz CT molecular complexity index is 373. The van der Waals surface area contributed by atoms with Crippen molar-refractivity contribution in [1.29, 1.82) is 0 Å². The Labute approximate surface area is 88.8 Å². The molecular formula is C11H14N4. The summed E-state index contributed by atoms with van der Waals surface area (Å²) in [7, 11) is 0. The van der Waals surface area contributed by atoms with Crippen molar-refractivity contribution < 1.29 is 0 Å². The summed E-state index contributed by atoms with van der Waals surface area (Å²) in [6.45, 7) is 2.05. The Morgan fingerprint density at radius 2 is 2.33 bits per heavy atom. The van der Waals surface area contributed by atoms with E-state index in [-0.39, 0.29) is 6.04 Å². The minimum Gasteiger partial charge on any atom is -0.316 e. The summed E-state index contributed by atoms with van der Waals surface area (Å²) >= 11 is 0. The van der Waals surface area contributed by atoms with E-state index in [1.807, 2.05) is 18.3 Å². The number of hydrazone groups is 1. The Kier molecular flexibility index (Phi) is 2.14. The van der Waals surface area contributed by atoms with Crippen molar-refractivity contribution in [3.8, 4) is 0 Å². The maximum Gasteiger partial charge on any atom is 0.0953 e. The van der Waals surface area contributed by atoms with Gasteiger partial charge in [0.1, 0.15) is 0 Å². The van der Waals surface area contributed by atoms with Gasteiger partial charge >= 0.3 is 0 Å². The third-order valence-electron chi connectivity index (χ3n) is 3.11. The van der Waals surface area contributed by atoms with E-state index < -0.39 is 0 Å². The van der Waals surface area contributed by atoms with Gasteiger partial charge in [-0.15, -0.1) is 0 Å². The van der Waals surface area contributed by atoms with Crippen LogP contribution in [0.5, 0.6) is 0 Å². The van der Waals surface area contributed by atoms with Gasteiger partial charge in [0.15, 0.2) is 0 Å². The zero-order valence-electron chi connectivity index (χ0n) is 8.48. The number of rotatable bonds is 1. The van der Waals surface area contributed by atoms with Crippen LogP contribution in [-0.2, 0) is 0 Å². The number of piperidine rings is 1. The molecule has 1 saturated heterocycles. The van der Waals surface area contributed by atoms with Crippen LogP contribution in [-0.4, -0.2) is 23.8 Å². The normalized spacial score (nSPS) is 29.2. The number of nitrogens with zero attached hydrogens (tertiary/aromatic N) is 2. The third-order valence-corrected chi connectivity index (χ3v) is 3.11. The number of fused-ring (bicyclic) bond motifs is 1. The first-order chi connectivity index (χ1) is 7.45. The molecule has 78 valence electrons. The van der Waals surface area contributed by atoms with E-state index >= 15 is 0 Å². The van der Waals surface area contributed by atoms with Crippen LogP contribution in [0.4, 0.5) is 0 Å². The standard InChI is InChI=1S/C11H14N4/c1-2-5-13-10(3-1)11-8-7-12-6-4-9(8)14-15-11/h1-3,5,8,11-12,15H,4,6-7H2. The van der Waals surface area contributed by atoms with Gasteiger partial charge < -0.3 is 10.7 Å². The molecule has 1 aromatic rings. The Hall–Kier alpha value is -1.42. The Morgan fingerprint density at radius 3 is 3.20 bits per heavy atom. The lowest BCUT2D eigenvalue weighted by molar-refractivity contribution is 0.443.